The van der Waals surface area contributed by atoms with Gasteiger partial charge in [0, 0.05) is 5.54 Å². The molecule has 1 aromatic rings. The SMILES string of the molecule is CC1(NS(=O)(=O)c2ccc(F)cc2N)CC1. The maximum Gasteiger partial charge on any atom is 0.243 e. The van der Waals surface area contributed by atoms with Gasteiger partial charge in [-0.1, -0.05) is 0 Å². The van der Waals surface area contributed by atoms with Gasteiger partial charge >= 0.3 is 0 Å². The zero-order chi connectivity index (χ0) is 12.0. The molecule has 1 saturated carbocycles. The van der Waals surface area contributed by atoms with Crippen LogP contribution in [0.3, 0.4) is 0 Å². The summed E-state index contributed by atoms with van der Waals surface area (Å²) in [6.07, 6.45) is 1.63. The summed E-state index contributed by atoms with van der Waals surface area (Å²) in [5.41, 5.74) is 5.05. The molecule has 6 heteroatoms. The van der Waals surface area contributed by atoms with Crippen LogP contribution >= 0.6 is 0 Å². The van der Waals surface area contributed by atoms with Crippen LogP contribution in [-0.2, 0) is 10.0 Å². The van der Waals surface area contributed by atoms with Crippen molar-refractivity contribution < 1.29 is 12.8 Å². The molecule has 0 saturated heterocycles. The number of rotatable bonds is 3. The minimum Gasteiger partial charge on any atom is -0.398 e. The van der Waals surface area contributed by atoms with Gasteiger partial charge in [0.25, 0.3) is 0 Å². The van der Waals surface area contributed by atoms with Crippen LogP contribution in [0.2, 0.25) is 0 Å². The van der Waals surface area contributed by atoms with Gasteiger partial charge < -0.3 is 5.73 Å². The fraction of sp³-hybridized carbons (Fsp3) is 0.400. The minimum absolute atomic E-state index is 0.0676. The Labute approximate surface area is 93.7 Å². The molecule has 0 unspecified atom stereocenters. The van der Waals surface area contributed by atoms with Crippen LogP contribution in [0.5, 0.6) is 0 Å². The topological polar surface area (TPSA) is 72.2 Å². The molecule has 1 aromatic carbocycles. The first-order chi connectivity index (χ1) is 7.32. The molecule has 0 atom stereocenters. The standard InChI is InChI=1S/C10H13FN2O2S/c1-10(4-5-10)13-16(14,15)9-3-2-7(11)6-8(9)12/h2-3,6,13H,4-5,12H2,1H3. The summed E-state index contributed by atoms with van der Waals surface area (Å²) in [6, 6.07) is 3.27. The van der Waals surface area contributed by atoms with Gasteiger partial charge in [-0.25, -0.2) is 17.5 Å². The Hall–Kier alpha value is -1.14. The lowest BCUT2D eigenvalue weighted by Gasteiger charge is -2.13. The van der Waals surface area contributed by atoms with Gasteiger partial charge in [0.15, 0.2) is 0 Å². The Kier molecular flexibility index (Phi) is 2.43. The van der Waals surface area contributed by atoms with Gasteiger partial charge in [0.05, 0.1) is 5.69 Å². The van der Waals surface area contributed by atoms with Crippen LogP contribution in [0.4, 0.5) is 10.1 Å². The van der Waals surface area contributed by atoms with Crippen molar-refractivity contribution in [2.24, 2.45) is 0 Å². The third-order valence-electron chi connectivity index (χ3n) is 2.64. The van der Waals surface area contributed by atoms with E-state index in [0.29, 0.717) is 0 Å². The van der Waals surface area contributed by atoms with Crippen LogP contribution < -0.4 is 10.5 Å². The number of hydrogen-bond donors (Lipinski definition) is 2. The molecule has 3 N–H and O–H groups in total. The van der Waals surface area contributed by atoms with E-state index < -0.39 is 15.8 Å². The van der Waals surface area contributed by atoms with E-state index in [-0.39, 0.29) is 16.1 Å². The quantitative estimate of drug-likeness (QED) is 0.786. The first kappa shape index (κ1) is 11.3. The van der Waals surface area contributed by atoms with Crippen molar-refractivity contribution in [1.82, 2.24) is 4.72 Å². The van der Waals surface area contributed by atoms with Crippen molar-refractivity contribution in [1.29, 1.82) is 0 Å². The first-order valence-electron chi connectivity index (χ1n) is 4.91. The molecule has 1 aliphatic carbocycles. The molecule has 0 spiro atoms. The van der Waals surface area contributed by atoms with Crippen molar-refractivity contribution in [3.63, 3.8) is 0 Å². The first-order valence-corrected chi connectivity index (χ1v) is 6.40. The van der Waals surface area contributed by atoms with Gasteiger partial charge in [-0.05, 0) is 38.0 Å². The van der Waals surface area contributed by atoms with Crippen molar-refractivity contribution in [2.45, 2.75) is 30.2 Å². The zero-order valence-electron chi connectivity index (χ0n) is 8.83. The fourth-order valence-corrected chi connectivity index (χ4v) is 3.01. The molecular formula is C10H13FN2O2S. The molecule has 4 nitrogen and oxygen atoms in total. The molecule has 16 heavy (non-hydrogen) atoms. The van der Waals surface area contributed by atoms with Gasteiger partial charge in [-0.15, -0.1) is 0 Å². The second-order valence-corrected chi connectivity index (χ2v) is 6.00. The molecule has 0 amide bonds. The highest BCUT2D eigenvalue weighted by molar-refractivity contribution is 7.89. The van der Waals surface area contributed by atoms with E-state index in [2.05, 4.69) is 4.72 Å². The maximum atomic E-state index is 12.8. The molecule has 0 heterocycles. The Morgan fingerprint density at radius 1 is 1.44 bits per heavy atom. The highest BCUT2D eigenvalue weighted by Gasteiger charge is 2.41. The normalized spacial score (nSPS) is 18.4. The van der Waals surface area contributed by atoms with Crippen LogP contribution in [0.15, 0.2) is 23.1 Å². The fourth-order valence-electron chi connectivity index (χ4n) is 1.43. The zero-order valence-corrected chi connectivity index (χ0v) is 9.64. The number of hydrogen-bond acceptors (Lipinski definition) is 3. The number of nitrogens with one attached hydrogen (secondary N) is 1. The van der Waals surface area contributed by atoms with Gasteiger partial charge in [0.2, 0.25) is 10.0 Å². The van der Waals surface area contributed by atoms with Crippen LogP contribution in [0.1, 0.15) is 19.8 Å². The average Bonchev–Trinajstić information content (AvgIpc) is 2.80. The van der Waals surface area contributed by atoms with Crippen molar-refractivity contribution >= 4 is 15.7 Å². The molecule has 0 bridgehead atoms. The van der Waals surface area contributed by atoms with Gasteiger partial charge in [0.1, 0.15) is 10.7 Å². The lowest BCUT2D eigenvalue weighted by Crippen LogP contribution is -2.34. The van der Waals surface area contributed by atoms with Crippen LogP contribution in [0, 0.1) is 5.82 Å². The summed E-state index contributed by atoms with van der Waals surface area (Å²) < 4.78 is 39.2. The number of benzene rings is 1. The molecule has 0 radical (unpaired) electrons. The summed E-state index contributed by atoms with van der Waals surface area (Å²) in [6.45, 7) is 1.82. The lowest BCUT2D eigenvalue weighted by molar-refractivity contribution is 0.558. The summed E-state index contributed by atoms with van der Waals surface area (Å²) in [4.78, 5) is -0.0676. The third-order valence-corrected chi connectivity index (χ3v) is 4.35. The Balaban J connectivity index is 2.35. The average molecular weight is 244 g/mol. The summed E-state index contributed by atoms with van der Waals surface area (Å²) in [7, 11) is -3.64. The molecule has 1 fully saturated rings. The number of anilines is 1. The Morgan fingerprint density at radius 2 is 2.06 bits per heavy atom. The Bertz CT molecular complexity index is 524. The Morgan fingerprint density at radius 3 is 2.56 bits per heavy atom. The van der Waals surface area contributed by atoms with Crippen LogP contribution in [-0.4, -0.2) is 14.0 Å². The van der Waals surface area contributed by atoms with E-state index in [1.54, 1.807) is 0 Å². The molecular weight excluding hydrogens is 231 g/mol. The van der Waals surface area contributed by atoms with Crippen molar-refractivity contribution in [3.8, 4) is 0 Å². The van der Waals surface area contributed by atoms with E-state index >= 15 is 0 Å². The lowest BCUT2D eigenvalue weighted by atomic mass is 10.3. The number of halogens is 1. The maximum absolute atomic E-state index is 12.8. The van der Waals surface area contributed by atoms with E-state index in [1.165, 1.54) is 6.07 Å². The molecule has 88 valence electrons. The second-order valence-electron chi connectivity index (χ2n) is 4.35. The predicted octanol–water partition coefficient (Wildman–Crippen LogP) is 1.24. The highest BCUT2D eigenvalue weighted by atomic mass is 32.2. The summed E-state index contributed by atoms with van der Waals surface area (Å²) >= 11 is 0. The monoisotopic (exact) mass is 244 g/mol. The van der Waals surface area contributed by atoms with E-state index in [0.717, 1.165) is 25.0 Å². The number of nitrogens with two attached hydrogens (primary N) is 1. The molecule has 1 aliphatic rings. The predicted molar refractivity (Wildman–Crippen MR) is 58.8 cm³/mol. The van der Waals surface area contributed by atoms with E-state index in [4.69, 9.17) is 5.73 Å². The van der Waals surface area contributed by atoms with E-state index in [1.807, 2.05) is 6.92 Å². The molecule has 0 aromatic heterocycles. The number of nitrogen functional groups attached to an aromatic ring is 1. The van der Waals surface area contributed by atoms with Crippen molar-refractivity contribution in [2.75, 3.05) is 5.73 Å². The van der Waals surface area contributed by atoms with Gasteiger partial charge in [-0.3, -0.25) is 0 Å². The van der Waals surface area contributed by atoms with Gasteiger partial charge in [-0.2, -0.15) is 0 Å². The molecule has 0 aliphatic heterocycles. The minimum atomic E-state index is -3.64. The van der Waals surface area contributed by atoms with Crippen LogP contribution in [0.25, 0.3) is 0 Å². The summed E-state index contributed by atoms with van der Waals surface area (Å²) in [5, 5.41) is 0. The smallest absolute Gasteiger partial charge is 0.243 e. The van der Waals surface area contributed by atoms with Crippen molar-refractivity contribution in [3.05, 3.63) is 24.0 Å². The second kappa shape index (κ2) is 3.43. The highest BCUT2D eigenvalue weighted by Crippen LogP contribution is 2.36. The largest absolute Gasteiger partial charge is 0.398 e. The summed E-state index contributed by atoms with van der Waals surface area (Å²) in [5.74, 6) is -0.547. The van der Waals surface area contributed by atoms with E-state index in [9.17, 15) is 12.8 Å². The molecule has 2 rings (SSSR count). The number of sulfonamides is 1. The third kappa shape index (κ3) is 2.17.